The maximum atomic E-state index is 11.5. The first kappa shape index (κ1) is 13.6. The summed E-state index contributed by atoms with van der Waals surface area (Å²) in [5.41, 5.74) is 4.14. The van der Waals surface area contributed by atoms with E-state index in [0.29, 0.717) is 11.3 Å². The molecule has 0 aliphatic carbocycles. The molecular weight excluding hydrogens is 268 g/mol. The van der Waals surface area contributed by atoms with Crippen molar-refractivity contribution in [2.75, 3.05) is 14.2 Å². The molecule has 1 aromatic carbocycles. The SMILES string of the molecule is COC(OC)c1ccc(-c2ccc3c(c2)C=NC3=O)cn1. The number of ether oxygens (including phenoxy) is 2. The quantitative estimate of drug-likeness (QED) is 0.809. The molecule has 1 aromatic heterocycles. The van der Waals surface area contributed by atoms with Crippen molar-refractivity contribution in [2.24, 2.45) is 4.99 Å². The third-order valence-electron chi connectivity index (χ3n) is 3.39. The Morgan fingerprint density at radius 3 is 2.48 bits per heavy atom. The summed E-state index contributed by atoms with van der Waals surface area (Å²) in [4.78, 5) is 19.6. The van der Waals surface area contributed by atoms with E-state index in [1.54, 1.807) is 32.7 Å². The molecule has 3 rings (SSSR count). The summed E-state index contributed by atoms with van der Waals surface area (Å²) in [7, 11) is 3.14. The normalized spacial score (nSPS) is 13.0. The van der Waals surface area contributed by atoms with Crippen molar-refractivity contribution in [3.8, 4) is 11.1 Å². The van der Waals surface area contributed by atoms with Crippen molar-refractivity contribution in [3.05, 3.63) is 53.3 Å². The predicted octanol–water partition coefficient (Wildman–Crippen LogP) is 2.61. The molecule has 1 aliphatic rings. The van der Waals surface area contributed by atoms with E-state index in [9.17, 15) is 4.79 Å². The summed E-state index contributed by atoms with van der Waals surface area (Å²) in [6, 6.07) is 9.43. The molecule has 0 spiro atoms. The number of fused-ring (bicyclic) bond motifs is 1. The molecule has 5 nitrogen and oxygen atoms in total. The second-order valence-electron chi connectivity index (χ2n) is 4.64. The predicted molar refractivity (Wildman–Crippen MR) is 78.4 cm³/mol. The van der Waals surface area contributed by atoms with Crippen molar-refractivity contribution in [2.45, 2.75) is 6.29 Å². The number of methoxy groups -OCH3 is 2. The Morgan fingerprint density at radius 1 is 1.05 bits per heavy atom. The van der Waals surface area contributed by atoms with Crippen LogP contribution in [0.25, 0.3) is 11.1 Å². The van der Waals surface area contributed by atoms with Crippen LogP contribution in [0.5, 0.6) is 0 Å². The standard InChI is InChI=1S/C16H14N2O3/c1-20-16(21-2)14-6-4-11(8-17-14)10-3-5-13-12(7-10)9-18-15(13)19/h3-9,16H,1-2H3. The van der Waals surface area contributed by atoms with E-state index in [-0.39, 0.29) is 5.91 Å². The van der Waals surface area contributed by atoms with Gasteiger partial charge in [0, 0.05) is 37.8 Å². The highest BCUT2D eigenvalue weighted by Crippen LogP contribution is 2.25. The smallest absolute Gasteiger partial charge is 0.277 e. The zero-order chi connectivity index (χ0) is 14.8. The van der Waals surface area contributed by atoms with Crippen molar-refractivity contribution >= 4 is 12.1 Å². The first-order valence-electron chi connectivity index (χ1n) is 6.47. The number of rotatable bonds is 4. The second kappa shape index (κ2) is 5.55. The van der Waals surface area contributed by atoms with Crippen LogP contribution in [-0.2, 0) is 9.47 Å². The van der Waals surface area contributed by atoms with Gasteiger partial charge in [-0.1, -0.05) is 12.1 Å². The molecule has 0 radical (unpaired) electrons. The molecule has 0 N–H and O–H groups in total. The maximum Gasteiger partial charge on any atom is 0.277 e. The van der Waals surface area contributed by atoms with Gasteiger partial charge in [0.05, 0.1) is 11.3 Å². The fourth-order valence-corrected chi connectivity index (χ4v) is 2.29. The van der Waals surface area contributed by atoms with Gasteiger partial charge in [-0.25, -0.2) is 4.99 Å². The Kier molecular flexibility index (Phi) is 3.60. The summed E-state index contributed by atoms with van der Waals surface area (Å²) >= 11 is 0. The third-order valence-corrected chi connectivity index (χ3v) is 3.39. The molecule has 2 heterocycles. The molecule has 0 bridgehead atoms. The number of carbonyl (C=O) groups is 1. The van der Waals surface area contributed by atoms with E-state index in [1.807, 2.05) is 24.3 Å². The van der Waals surface area contributed by atoms with Crippen LogP contribution < -0.4 is 0 Å². The Bertz CT molecular complexity index is 704. The van der Waals surface area contributed by atoms with Crippen molar-refractivity contribution in [1.29, 1.82) is 0 Å². The third kappa shape index (κ3) is 2.49. The number of pyridine rings is 1. The van der Waals surface area contributed by atoms with Crippen LogP contribution in [0.2, 0.25) is 0 Å². The highest BCUT2D eigenvalue weighted by molar-refractivity contribution is 6.13. The van der Waals surface area contributed by atoms with Gasteiger partial charge in [-0.15, -0.1) is 0 Å². The minimum Gasteiger partial charge on any atom is -0.350 e. The number of carbonyl (C=O) groups excluding carboxylic acids is 1. The van der Waals surface area contributed by atoms with Crippen LogP contribution in [0.1, 0.15) is 27.9 Å². The molecule has 21 heavy (non-hydrogen) atoms. The summed E-state index contributed by atoms with van der Waals surface area (Å²) in [5, 5.41) is 0. The number of amides is 1. The van der Waals surface area contributed by atoms with Gasteiger partial charge in [0.25, 0.3) is 5.91 Å². The summed E-state index contributed by atoms with van der Waals surface area (Å²) in [6.07, 6.45) is 2.88. The molecule has 0 fully saturated rings. The summed E-state index contributed by atoms with van der Waals surface area (Å²) < 4.78 is 10.3. The van der Waals surface area contributed by atoms with Crippen LogP contribution in [0.4, 0.5) is 0 Å². The topological polar surface area (TPSA) is 60.8 Å². The molecule has 2 aromatic rings. The lowest BCUT2D eigenvalue weighted by Crippen LogP contribution is -2.05. The highest BCUT2D eigenvalue weighted by atomic mass is 16.7. The highest BCUT2D eigenvalue weighted by Gasteiger charge is 2.16. The minimum atomic E-state index is -0.469. The summed E-state index contributed by atoms with van der Waals surface area (Å²) in [5.74, 6) is -0.187. The number of benzene rings is 1. The Hall–Kier alpha value is -2.37. The minimum absolute atomic E-state index is 0.187. The second-order valence-corrected chi connectivity index (χ2v) is 4.64. The van der Waals surface area contributed by atoms with E-state index >= 15 is 0 Å². The lowest BCUT2D eigenvalue weighted by molar-refractivity contribution is -0.108. The van der Waals surface area contributed by atoms with Gasteiger partial charge < -0.3 is 9.47 Å². The summed E-state index contributed by atoms with van der Waals surface area (Å²) in [6.45, 7) is 0. The largest absolute Gasteiger partial charge is 0.350 e. The van der Waals surface area contributed by atoms with E-state index < -0.39 is 6.29 Å². The molecule has 0 saturated heterocycles. The van der Waals surface area contributed by atoms with E-state index in [0.717, 1.165) is 16.7 Å². The van der Waals surface area contributed by atoms with E-state index in [4.69, 9.17) is 9.47 Å². The van der Waals surface area contributed by atoms with Crippen molar-refractivity contribution in [1.82, 2.24) is 4.98 Å². The molecule has 1 aliphatic heterocycles. The lowest BCUT2D eigenvalue weighted by Gasteiger charge is -2.13. The van der Waals surface area contributed by atoms with Gasteiger partial charge in [0.2, 0.25) is 6.29 Å². The zero-order valence-corrected chi connectivity index (χ0v) is 11.7. The van der Waals surface area contributed by atoms with Crippen LogP contribution in [0.3, 0.4) is 0 Å². The first-order valence-corrected chi connectivity index (χ1v) is 6.47. The average Bonchev–Trinajstić information content (AvgIpc) is 2.90. The average molecular weight is 282 g/mol. The first-order chi connectivity index (χ1) is 10.2. The van der Waals surface area contributed by atoms with Gasteiger partial charge >= 0.3 is 0 Å². The number of aliphatic imine (C=N–C) groups is 1. The molecular formula is C16H14N2O3. The van der Waals surface area contributed by atoms with Crippen LogP contribution in [0, 0.1) is 0 Å². The van der Waals surface area contributed by atoms with Crippen molar-refractivity contribution in [3.63, 3.8) is 0 Å². The van der Waals surface area contributed by atoms with Crippen LogP contribution in [-0.4, -0.2) is 31.3 Å². The number of nitrogens with zero attached hydrogens (tertiary/aromatic N) is 2. The van der Waals surface area contributed by atoms with Crippen molar-refractivity contribution < 1.29 is 14.3 Å². The van der Waals surface area contributed by atoms with Crippen LogP contribution in [0.15, 0.2) is 41.5 Å². The van der Waals surface area contributed by atoms with Gasteiger partial charge in [0.15, 0.2) is 0 Å². The molecule has 0 saturated carbocycles. The fraction of sp³-hybridized carbons (Fsp3) is 0.188. The Labute approximate surface area is 122 Å². The van der Waals surface area contributed by atoms with Gasteiger partial charge in [-0.2, -0.15) is 0 Å². The van der Waals surface area contributed by atoms with Gasteiger partial charge in [0.1, 0.15) is 0 Å². The van der Waals surface area contributed by atoms with E-state index in [1.165, 1.54) is 0 Å². The van der Waals surface area contributed by atoms with Crippen LogP contribution >= 0.6 is 0 Å². The van der Waals surface area contributed by atoms with E-state index in [2.05, 4.69) is 9.98 Å². The van der Waals surface area contributed by atoms with Gasteiger partial charge in [-0.3, -0.25) is 9.78 Å². The monoisotopic (exact) mass is 282 g/mol. The lowest BCUT2D eigenvalue weighted by atomic mass is 10.0. The Morgan fingerprint density at radius 2 is 1.81 bits per heavy atom. The molecule has 0 unspecified atom stereocenters. The molecule has 5 heteroatoms. The number of hydrogen-bond donors (Lipinski definition) is 0. The molecule has 0 atom stereocenters. The van der Waals surface area contributed by atoms with Gasteiger partial charge in [-0.05, 0) is 23.8 Å². The maximum absolute atomic E-state index is 11.5. The number of aromatic nitrogens is 1. The molecule has 1 amide bonds. The molecule has 106 valence electrons. The fourth-order valence-electron chi connectivity index (χ4n) is 2.29. The number of hydrogen-bond acceptors (Lipinski definition) is 4. The zero-order valence-electron chi connectivity index (χ0n) is 11.7. The Balaban J connectivity index is 1.91.